The molecule has 0 aliphatic heterocycles. The molecule has 108 valence electrons. The lowest BCUT2D eigenvalue weighted by molar-refractivity contribution is -0.173. The monoisotopic (exact) mass is 296 g/mol. The second-order valence-corrected chi connectivity index (χ2v) is 4.32. The summed E-state index contributed by atoms with van der Waals surface area (Å²) in [6, 6.07) is 0. The number of hydrogen-bond acceptors (Lipinski definition) is 2. The van der Waals surface area contributed by atoms with Crippen molar-refractivity contribution in [3.05, 3.63) is 0 Å². The molecule has 18 heavy (non-hydrogen) atoms. The number of nitrogens with zero attached hydrogens (tertiary/aromatic N) is 1. The van der Waals surface area contributed by atoms with Gasteiger partial charge in [-0.15, -0.1) is 0 Å². The molecule has 0 aromatic rings. The smallest absolute Gasteiger partial charge is 0.393 e. The van der Waals surface area contributed by atoms with E-state index in [-0.39, 0.29) is 6.54 Å². The summed E-state index contributed by atoms with van der Waals surface area (Å²) in [5, 5.41) is 0. The van der Waals surface area contributed by atoms with Crippen LogP contribution >= 0.6 is 12.2 Å². The fourth-order valence-corrected chi connectivity index (χ4v) is 1.63. The van der Waals surface area contributed by atoms with Crippen molar-refractivity contribution in [1.82, 2.24) is 4.90 Å². The van der Waals surface area contributed by atoms with Gasteiger partial charge in [-0.25, -0.2) is 0 Å². The van der Waals surface area contributed by atoms with Crippen LogP contribution in [0, 0.1) is 5.92 Å². The van der Waals surface area contributed by atoms with Gasteiger partial charge in [0.15, 0.2) is 0 Å². The van der Waals surface area contributed by atoms with E-state index in [9.17, 15) is 26.3 Å². The molecule has 2 nitrogen and oxygen atoms in total. The maximum absolute atomic E-state index is 12.5. The SMILES string of the molecule is CCCN(CC(C(N)=S)C(F)(F)F)CC(F)(F)F. The topological polar surface area (TPSA) is 29.3 Å². The quantitative estimate of drug-likeness (QED) is 0.603. The van der Waals surface area contributed by atoms with Gasteiger partial charge in [0, 0.05) is 6.54 Å². The van der Waals surface area contributed by atoms with Crippen LogP contribution in [0.4, 0.5) is 26.3 Å². The Morgan fingerprint density at radius 3 is 2.00 bits per heavy atom. The van der Waals surface area contributed by atoms with Crippen LogP contribution in [0.3, 0.4) is 0 Å². The second kappa shape index (κ2) is 6.55. The van der Waals surface area contributed by atoms with Gasteiger partial charge >= 0.3 is 12.4 Å². The Balaban J connectivity index is 4.77. The van der Waals surface area contributed by atoms with Gasteiger partial charge in [0.1, 0.15) is 5.92 Å². The molecule has 0 aromatic heterocycles. The summed E-state index contributed by atoms with van der Waals surface area (Å²) in [5.74, 6) is -2.22. The van der Waals surface area contributed by atoms with Crippen LogP contribution in [0.2, 0.25) is 0 Å². The third-order valence-electron chi connectivity index (χ3n) is 2.12. The molecule has 9 heteroatoms. The highest BCUT2D eigenvalue weighted by atomic mass is 32.1. The predicted octanol–water partition coefficient (Wildman–Crippen LogP) is 2.73. The van der Waals surface area contributed by atoms with Crippen LogP contribution in [0.15, 0.2) is 0 Å². The number of halogens is 6. The van der Waals surface area contributed by atoms with Gasteiger partial charge < -0.3 is 5.73 Å². The molecule has 0 saturated heterocycles. The maximum Gasteiger partial charge on any atom is 0.401 e. The first-order chi connectivity index (χ1) is 7.97. The maximum atomic E-state index is 12.5. The molecule has 1 unspecified atom stereocenters. The lowest BCUT2D eigenvalue weighted by atomic mass is 10.1. The molecule has 0 radical (unpaired) electrons. The van der Waals surface area contributed by atoms with E-state index in [4.69, 9.17) is 5.73 Å². The summed E-state index contributed by atoms with van der Waals surface area (Å²) in [6.45, 7) is -0.802. The Kier molecular flexibility index (Phi) is 6.35. The van der Waals surface area contributed by atoms with E-state index in [1.165, 1.54) is 0 Å². The molecular weight excluding hydrogens is 282 g/mol. The van der Waals surface area contributed by atoms with Crippen LogP contribution in [0.25, 0.3) is 0 Å². The van der Waals surface area contributed by atoms with Crippen molar-refractivity contribution < 1.29 is 26.3 Å². The summed E-state index contributed by atoms with van der Waals surface area (Å²) < 4.78 is 74.2. The van der Waals surface area contributed by atoms with Crippen molar-refractivity contribution in [2.24, 2.45) is 11.7 Å². The van der Waals surface area contributed by atoms with E-state index in [1.54, 1.807) is 6.92 Å². The molecule has 2 N–H and O–H groups in total. The summed E-state index contributed by atoms with van der Waals surface area (Å²) in [5.41, 5.74) is 4.93. The van der Waals surface area contributed by atoms with Gasteiger partial charge in [0.25, 0.3) is 0 Å². The van der Waals surface area contributed by atoms with Crippen molar-refractivity contribution in [1.29, 1.82) is 0 Å². The number of thiocarbonyl (C=S) groups is 1. The molecule has 0 spiro atoms. The Bertz CT molecular complexity index is 275. The number of hydrogen-bond donors (Lipinski definition) is 1. The molecule has 0 aliphatic carbocycles. The minimum absolute atomic E-state index is 0.102. The third kappa shape index (κ3) is 7.00. The Labute approximate surface area is 106 Å². The van der Waals surface area contributed by atoms with Gasteiger partial charge in [-0.05, 0) is 13.0 Å². The van der Waals surface area contributed by atoms with E-state index in [1.807, 2.05) is 0 Å². The van der Waals surface area contributed by atoms with Crippen LogP contribution in [0.5, 0.6) is 0 Å². The van der Waals surface area contributed by atoms with Crippen LogP contribution in [0.1, 0.15) is 13.3 Å². The Hall–Kier alpha value is -0.570. The molecule has 0 fully saturated rings. The van der Waals surface area contributed by atoms with Gasteiger partial charge in [-0.2, -0.15) is 26.3 Å². The standard InChI is InChI=1S/C9H14F6N2S/c1-2-3-17(5-8(10,11)12)4-6(7(16)18)9(13,14)15/h6H,2-5H2,1H3,(H2,16,18). The fourth-order valence-electron chi connectivity index (χ4n) is 1.42. The van der Waals surface area contributed by atoms with Crippen molar-refractivity contribution in [3.8, 4) is 0 Å². The Morgan fingerprint density at radius 1 is 1.22 bits per heavy atom. The summed E-state index contributed by atoms with van der Waals surface area (Å²) >= 11 is 4.26. The van der Waals surface area contributed by atoms with E-state index < -0.39 is 36.3 Å². The zero-order valence-corrected chi connectivity index (χ0v) is 10.4. The molecule has 0 amide bonds. The summed E-state index contributed by atoms with van der Waals surface area (Å²) in [4.78, 5) is -0.178. The lowest BCUT2D eigenvalue weighted by Gasteiger charge is -2.28. The summed E-state index contributed by atoms with van der Waals surface area (Å²) in [7, 11) is 0. The average Bonchev–Trinajstić information content (AvgIpc) is 2.09. The van der Waals surface area contributed by atoms with Gasteiger partial charge in [-0.1, -0.05) is 19.1 Å². The van der Waals surface area contributed by atoms with Gasteiger partial charge in [0.2, 0.25) is 0 Å². The van der Waals surface area contributed by atoms with E-state index >= 15 is 0 Å². The minimum atomic E-state index is -4.73. The third-order valence-corrected chi connectivity index (χ3v) is 2.41. The zero-order chi connectivity index (χ0) is 14.6. The van der Waals surface area contributed by atoms with Gasteiger partial charge in [0.05, 0.1) is 11.5 Å². The molecule has 0 aliphatic rings. The predicted molar refractivity (Wildman–Crippen MR) is 59.1 cm³/mol. The second-order valence-electron chi connectivity index (χ2n) is 3.85. The Morgan fingerprint density at radius 2 is 1.72 bits per heavy atom. The lowest BCUT2D eigenvalue weighted by Crippen LogP contribution is -2.46. The highest BCUT2D eigenvalue weighted by molar-refractivity contribution is 7.80. The molecule has 0 bridgehead atoms. The number of rotatable bonds is 6. The van der Waals surface area contributed by atoms with Gasteiger partial charge in [-0.3, -0.25) is 4.90 Å². The number of alkyl halides is 6. The summed E-state index contributed by atoms with van der Waals surface area (Å²) in [6.07, 6.45) is -8.98. The zero-order valence-electron chi connectivity index (χ0n) is 9.61. The molecule has 0 heterocycles. The van der Waals surface area contributed by atoms with E-state index in [0.717, 1.165) is 0 Å². The molecule has 0 aromatic carbocycles. The first kappa shape index (κ1) is 17.4. The van der Waals surface area contributed by atoms with E-state index in [0.29, 0.717) is 11.3 Å². The normalized spacial score (nSPS) is 14.9. The van der Waals surface area contributed by atoms with Crippen molar-refractivity contribution >= 4 is 17.2 Å². The minimum Gasteiger partial charge on any atom is -0.393 e. The highest BCUT2D eigenvalue weighted by Gasteiger charge is 2.43. The largest absolute Gasteiger partial charge is 0.401 e. The molecule has 0 rings (SSSR count). The molecule has 0 saturated carbocycles. The first-order valence-electron chi connectivity index (χ1n) is 5.12. The average molecular weight is 296 g/mol. The fraction of sp³-hybridized carbons (Fsp3) is 0.889. The first-order valence-corrected chi connectivity index (χ1v) is 5.53. The van der Waals surface area contributed by atoms with Crippen molar-refractivity contribution in [3.63, 3.8) is 0 Å². The van der Waals surface area contributed by atoms with E-state index in [2.05, 4.69) is 12.2 Å². The van der Waals surface area contributed by atoms with Crippen LogP contribution in [-0.2, 0) is 0 Å². The number of nitrogens with two attached hydrogens (primary N) is 1. The van der Waals surface area contributed by atoms with Crippen molar-refractivity contribution in [2.75, 3.05) is 19.6 Å². The molecular formula is C9H14F6N2S. The van der Waals surface area contributed by atoms with Crippen molar-refractivity contribution in [2.45, 2.75) is 25.7 Å². The van der Waals surface area contributed by atoms with Crippen LogP contribution in [-0.4, -0.2) is 41.9 Å². The highest BCUT2D eigenvalue weighted by Crippen LogP contribution is 2.28. The van der Waals surface area contributed by atoms with Crippen LogP contribution < -0.4 is 5.73 Å². The molecule has 1 atom stereocenters.